The predicted octanol–water partition coefficient (Wildman–Crippen LogP) is 2.53. The normalized spacial score (nSPS) is 14.7. The molecule has 1 aliphatic carbocycles. The molecule has 0 radical (unpaired) electrons. The van der Waals surface area contributed by atoms with Gasteiger partial charge in [-0.3, -0.25) is 4.79 Å². The quantitative estimate of drug-likeness (QED) is 0.792. The fourth-order valence-electron chi connectivity index (χ4n) is 1.59. The molecule has 0 atom stereocenters. The average molecular weight is 254 g/mol. The Morgan fingerprint density at radius 2 is 2.29 bits per heavy atom. The number of carbonyl (C=O) groups excluding carboxylic acids is 1. The van der Waals surface area contributed by atoms with Crippen molar-refractivity contribution in [3.8, 4) is 5.75 Å². The van der Waals surface area contributed by atoms with Gasteiger partial charge >= 0.3 is 0 Å². The molecule has 0 amide bonds. The molecule has 1 aromatic carbocycles. The molecule has 0 aliphatic heterocycles. The van der Waals surface area contributed by atoms with E-state index >= 15 is 0 Å². The van der Waals surface area contributed by atoms with Crippen LogP contribution in [0.5, 0.6) is 5.75 Å². The molecule has 1 aliphatic rings. The first-order valence-electron chi connectivity index (χ1n) is 5.81. The van der Waals surface area contributed by atoms with E-state index in [1.54, 1.807) is 25.2 Å². The van der Waals surface area contributed by atoms with Crippen molar-refractivity contribution in [3.63, 3.8) is 0 Å². The van der Waals surface area contributed by atoms with Gasteiger partial charge in [0.1, 0.15) is 5.75 Å². The molecule has 2 rings (SSSR count). The maximum Gasteiger partial charge on any atom is 0.180 e. The zero-order valence-corrected chi connectivity index (χ0v) is 10.6. The molecule has 1 N–H and O–H groups in total. The summed E-state index contributed by atoms with van der Waals surface area (Å²) in [6.45, 7) is 0.988. The molecule has 4 heteroatoms. The van der Waals surface area contributed by atoms with Gasteiger partial charge in [-0.25, -0.2) is 0 Å². The maximum absolute atomic E-state index is 11.9. The second-order valence-electron chi connectivity index (χ2n) is 4.35. The summed E-state index contributed by atoms with van der Waals surface area (Å²) >= 11 is 5.91. The molecular weight excluding hydrogens is 238 g/mol. The van der Waals surface area contributed by atoms with Crippen LogP contribution < -0.4 is 10.1 Å². The van der Waals surface area contributed by atoms with Crippen LogP contribution in [0.2, 0.25) is 5.02 Å². The lowest BCUT2D eigenvalue weighted by Gasteiger charge is -2.10. The highest BCUT2D eigenvalue weighted by atomic mass is 35.5. The van der Waals surface area contributed by atoms with Crippen molar-refractivity contribution in [1.82, 2.24) is 5.32 Å². The molecule has 17 heavy (non-hydrogen) atoms. The van der Waals surface area contributed by atoms with Crippen molar-refractivity contribution in [1.29, 1.82) is 0 Å². The van der Waals surface area contributed by atoms with Gasteiger partial charge in [-0.15, -0.1) is 0 Å². The number of likely N-dealkylation sites (N-methyl/N-ethyl adjacent to an activating group) is 1. The molecular formula is C13H16ClNO2. The fourth-order valence-corrected chi connectivity index (χ4v) is 1.77. The van der Waals surface area contributed by atoms with E-state index in [4.69, 9.17) is 16.3 Å². The summed E-state index contributed by atoms with van der Waals surface area (Å²) in [7, 11) is 1.74. The van der Waals surface area contributed by atoms with E-state index in [1.165, 1.54) is 12.8 Å². The zero-order valence-electron chi connectivity index (χ0n) is 9.83. The number of Topliss-reactive ketones (excluding diaryl/α,β-unsaturated/α-hetero) is 1. The van der Waals surface area contributed by atoms with E-state index in [1.807, 2.05) is 0 Å². The Hall–Kier alpha value is -1.06. The highest BCUT2D eigenvalue weighted by molar-refractivity contribution is 6.31. The van der Waals surface area contributed by atoms with Crippen molar-refractivity contribution in [2.45, 2.75) is 12.8 Å². The molecule has 3 nitrogen and oxygen atoms in total. The minimum absolute atomic E-state index is 0.000738. The van der Waals surface area contributed by atoms with Gasteiger partial charge in [0.2, 0.25) is 0 Å². The third kappa shape index (κ3) is 3.45. The van der Waals surface area contributed by atoms with Gasteiger partial charge in [0.05, 0.1) is 18.7 Å². The van der Waals surface area contributed by atoms with Crippen molar-refractivity contribution >= 4 is 17.4 Å². The van der Waals surface area contributed by atoms with Gasteiger partial charge < -0.3 is 10.1 Å². The number of hydrogen-bond donors (Lipinski definition) is 1. The summed E-state index contributed by atoms with van der Waals surface area (Å²) in [5.74, 6) is 1.31. The summed E-state index contributed by atoms with van der Waals surface area (Å²) in [5.41, 5.74) is 0.563. The van der Waals surface area contributed by atoms with Crippen LogP contribution >= 0.6 is 11.6 Å². The van der Waals surface area contributed by atoms with Crippen LogP contribution in [0.4, 0.5) is 0 Å². The molecule has 1 aromatic rings. The molecule has 0 bridgehead atoms. The van der Waals surface area contributed by atoms with E-state index < -0.39 is 0 Å². The molecule has 0 saturated heterocycles. The summed E-state index contributed by atoms with van der Waals surface area (Å²) in [6.07, 6.45) is 2.46. The number of nitrogens with one attached hydrogen (secondary N) is 1. The Morgan fingerprint density at radius 3 is 2.94 bits per heavy atom. The number of carbonyl (C=O) groups is 1. The second kappa shape index (κ2) is 5.52. The van der Waals surface area contributed by atoms with E-state index in [2.05, 4.69) is 5.32 Å². The van der Waals surface area contributed by atoms with Gasteiger partial charge in [-0.1, -0.05) is 11.6 Å². The van der Waals surface area contributed by atoms with Crippen LogP contribution in [0.15, 0.2) is 18.2 Å². The standard InChI is InChI=1S/C13H16ClNO2/c1-15-7-12(16)11-6-10(14)4-5-13(11)17-8-9-2-3-9/h4-6,9,15H,2-3,7-8H2,1H3. The Labute approximate surface area is 106 Å². The molecule has 0 spiro atoms. The zero-order chi connectivity index (χ0) is 12.3. The predicted molar refractivity (Wildman–Crippen MR) is 67.9 cm³/mol. The van der Waals surface area contributed by atoms with Crippen LogP contribution in [0.1, 0.15) is 23.2 Å². The Morgan fingerprint density at radius 1 is 1.53 bits per heavy atom. The van der Waals surface area contributed by atoms with Crippen LogP contribution in [0, 0.1) is 5.92 Å². The van der Waals surface area contributed by atoms with Gasteiger partial charge in [0.25, 0.3) is 0 Å². The van der Waals surface area contributed by atoms with Gasteiger partial charge in [-0.2, -0.15) is 0 Å². The number of halogens is 1. The third-order valence-electron chi connectivity index (χ3n) is 2.75. The van der Waals surface area contributed by atoms with Gasteiger partial charge in [0, 0.05) is 5.02 Å². The lowest BCUT2D eigenvalue weighted by molar-refractivity contribution is 0.0989. The minimum atomic E-state index is 0.000738. The second-order valence-corrected chi connectivity index (χ2v) is 4.78. The van der Waals surface area contributed by atoms with Crippen molar-refractivity contribution in [2.75, 3.05) is 20.2 Å². The average Bonchev–Trinajstić information content (AvgIpc) is 3.11. The molecule has 0 unspecified atom stereocenters. The van der Waals surface area contributed by atoms with E-state index in [-0.39, 0.29) is 5.78 Å². The number of ether oxygens (including phenoxy) is 1. The smallest absolute Gasteiger partial charge is 0.180 e. The number of ketones is 1. The summed E-state index contributed by atoms with van der Waals surface area (Å²) in [6, 6.07) is 5.19. The van der Waals surface area contributed by atoms with Gasteiger partial charge in [0.15, 0.2) is 5.78 Å². The Balaban J connectivity index is 2.13. The first kappa shape index (κ1) is 12.4. The van der Waals surface area contributed by atoms with E-state index in [9.17, 15) is 4.79 Å². The molecule has 92 valence electrons. The molecule has 1 saturated carbocycles. The van der Waals surface area contributed by atoms with Crippen molar-refractivity contribution in [2.24, 2.45) is 5.92 Å². The van der Waals surface area contributed by atoms with Crippen LogP contribution in [0.3, 0.4) is 0 Å². The first-order valence-corrected chi connectivity index (χ1v) is 6.18. The van der Waals surface area contributed by atoms with Gasteiger partial charge in [-0.05, 0) is 44.0 Å². The highest BCUT2D eigenvalue weighted by Gasteiger charge is 2.23. The van der Waals surface area contributed by atoms with Crippen LogP contribution in [-0.4, -0.2) is 26.0 Å². The number of benzene rings is 1. The minimum Gasteiger partial charge on any atom is -0.493 e. The largest absolute Gasteiger partial charge is 0.493 e. The monoisotopic (exact) mass is 253 g/mol. The summed E-state index contributed by atoms with van der Waals surface area (Å²) in [5, 5.41) is 3.40. The van der Waals surface area contributed by atoms with Crippen LogP contribution in [0.25, 0.3) is 0 Å². The fraction of sp³-hybridized carbons (Fsp3) is 0.462. The first-order chi connectivity index (χ1) is 8.20. The van der Waals surface area contributed by atoms with Crippen molar-refractivity contribution in [3.05, 3.63) is 28.8 Å². The number of hydrogen-bond acceptors (Lipinski definition) is 3. The Bertz CT molecular complexity index is 416. The topological polar surface area (TPSA) is 38.3 Å². The Kier molecular flexibility index (Phi) is 4.02. The summed E-state index contributed by atoms with van der Waals surface area (Å²) in [4.78, 5) is 11.9. The van der Waals surface area contributed by atoms with E-state index in [0.717, 1.165) is 0 Å². The SMILES string of the molecule is CNCC(=O)c1cc(Cl)ccc1OCC1CC1. The molecule has 1 fully saturated rings. The lowest BCUT2D eigenvalue weighted by atomic mass is 10.1. The maximum atomic E-state index is 11.9. The number of rotatable bonds is 6. The third-order valence-corrected chi connectivity index (χ3v) is 2.99. The molecule has 0 aromatic heterocycles. The van der Waals surface area contributed by atoms with Crippen molar-refractivity contribution < 1.29 is 9.53 Å². The summed E-state index contributed by atoms with van der Waals surface area (Å²) < 4.78 is 5.68. The van der Waals surface area contributed by atoms with E-state index in [0.29, 0.717) is 35.4 Å². The lowest BCUT2D eigenvalue weighted by Crippen LogP contribution is -2.19. The van der Waals surface area contributed by atoms with Crippen LogP contribution in [-0.2, 0) is 0 Å². The highest BCUT2D eigenvalue weighted by Crippen LogP contribution is 2.31. The molecule has 0 heterocycles.